The second-order valence-corrected chi connectivity index (χ2v) is 8.53. The van der Waals surface area contributed by atoms with Gasteiger partial charge in [-0.1, -0.05) is 30.3 Å². The van der Waals surface area contributed by atoms with E-state index in [1.165, 1.54) is 30.3 Å². The van der Waals surface area contributed by atoms with Gasteiger partial charge >= 0.3 is 10.1 Å². The van der Waals surface area contributed by atoms with Gasteiger partial charge in [-0.3, -0.25) is 14.1 Å². The van der Waals surface area contributed by atoms with Crippen molar-refractivity contribution in [3.8, 4) is 5.75 Å². The molecular formula is C20H17N3O6S. The molecule has 2 aliphatic carbocycles. The molecular weight excluding hydrogens is 410 g/mol. The average molecular weight is 427 g/mol. The predicted octanol–water partition coefficient (Wildman–Crippen LogP) is 0.791. The summed E-state index contributed by atoms with van der Waals surface area (Å²) in [7, 11) is -5.09. The molecule has 2 aromatic rings. The average Bonchev–Trinajstić information content (AvgIpc) is 2.67. The zero-order valence-corrected chi connectivity index (χ0v) is 16.2. The van der Waals surface area contributed by atoms with Gasteiger partial charge in [0.05, 0.1) is 11.6 Å². The molecule has 0 saturated heterocycles. The first kappa shape index (κ1) is 19.8. The van der Waals surface area contributed by atoms with Crippen LogP contribution in [-0.4, -0.2) is 35.5 Å². The third-order valence-corrected chi connectivity index (χ3v) is 6.35. The van der Waals surface area contributed by atoms with Gasteiger partial charge in [-0.2, -0.15) is 8.42 Å². The van der Waals surface area contributed by atoms with Crippen LogP contribution in [0.5, 0.6) is 5.75 Å². The zero-order valence-electron chi connectivity index (χ0n) is 15.4. The second kappa shape index (κ2) is 6.52. The van der Waals surface area contributed by atoms with E-state index in [2.05, 4.69) is 0 Å². The minimum absolute atomic E-state index is 0.0360. The van der Waals surface area contributed by atoms with Crippen molar-refractivity contribution in [2.75, 3.05) is 5.73 Å². The Bertz CT molecular complexity index is 1280. The van der Waals surface area contributed by atoms with Gasteiger partial charge in [0.1, 0.15) is 5.75 Å². The van der Waals surface area contributed by atoms with Gasteiger partial charge in [-0.15, -0.1) is 0 Å². The van der Waals surface area contributed by atoms with Crippen molar-refractivity contribution in [1.82, 2.24) is 0 Å². The Balaban J connectivity index is 1.94. The van der Waals surface area contributed by atoms with Crippen molar-refractivity contribution in [3.05, 3.63) is 82.6 Å². The summed E-state index contributed by atoms with van der Waals surface area (Å²) in [5.41, 5.74) is 17.4. The first-order chi connectivity index (χ1) is 14.1. The largest absolute Gasteiger partial charge is 0.463 e. The van der Waals surface area contributed by atoms with Gasteiger partial charge in [0.2, 0.25) is 0 Å². The number of fused-ring (bicyclic) bond motifs is 1. The first-order valence-corrected chi connectivity index (χ1v) is 10.2. The zero-order chi connectivity index (χ0) is 21.8. The standard InChI is InChI=1S/C20H17N3O6S/c21-10-4-3-5-11(8-10)29-20(30(26,27)28)9-14(22)15-16(19(20)23)18(25)13-7-2-1-6-12(13)17(15)24/h1-9,19H,21-23H2,(H,26,27,28). The summed E-state index contributed by atoms with van der Waals surface area (Å²) >= 11 is 0. The monoisotopic (exact) mass is 427 g/mol. The maximum atomic E-state index is 13.1. The van der Waals surface area contributed by atoms with Crippen LogP contribution < -0.4 is 21.9 Å². The summed E-state index contributed by atoms with van der Waals surface area (Å²) in [6, 6.07) is 10.0. The number of Topliss-reactive ketones (excluding diaryl/α,β-unsaturated/α-hetero) is 2. The molecule has 30 heavy (non-hydrogen) atoms. The Morgan fingerprint density at radius 2 is 1.60 bits per heavy atom. The van der Waals surface area contributed by atoms with Crippen molar-refractivity contribution in [2.24, 2.45) is 11.5 Å². The minimum Gasteiger partial charge on any atom is -0.463 e. The molecule has 4 rings (SSSR count). The molecule has 9 nitrogen and oxygen atoms in total. The van der Waals surface area contributed by atoms with Crippen LogP contribution in [-0.2, 0) is 10.1 Å². The van der Waals surface area contributed by atoms with Crippen molar-refractivity contribution < 1.29 is 27.3 Å². The predicted molar refractivity (Wildman–Crippen MR) is 108 cm³/mol. The van der Waals surface area contributed by atoms with Crippen LogP contribution in [0, 0.1) is 0 Å². The third kappa shape index (κ3) is 2.73. The molecule has 0 spiro atoms. The fourth-order valence-electron chi connectivity index (χ4n) is 3.70. The molecule has 0 radical (unpaired) electrons. The quantitative estimate of drug-likeness (QED) is 0.407. The molecule has 0 fully saturated rings. The van der Waals surface area contributed by atoms with Crippen LogP contribution in [0.1, 0.15) is 20.7 Å². The number of ether oxygens (including phenoxy) is 1. The fourth-order valence-corrected chi connectivity index (χ4v) is 4.62. The molecule has 2 unspecified atom stereocenters. The van der Waals surface area contributed by atoms with Crippen LogP contribution in [0.25, 0.3) is 0 Å². The first-order valence-electron chi connectivity index (χ1n) is 8.75. The highest BCUT2D eigenvalue weighted by molar-refractivity contribution is 7.87. The van der Waals surface area contributed by atoms with Gasteiger partial charge in [-0.25, -0.2) is 0 Å². The Morgan fingerprint density at radius 3 is 2.20 bits per heavy atom. The molecule has 2 aromatic carbocycles. The lowest BCUT2D eigenvalue weighted by Crippen LogP contribution is -2.61. The van der Waals surface area contributed by atoms with E-state index in [1.54, 1.807) is 18.2 Å². The van der Waals surface area contributed by atoms with Crippen molar-refractivity contribution in [3.63, 3.8) is 0 Å². The number of nitrogen functional groups attached to an aromatic ring is 1. The summed E-state index contributed by atoms with van der Waals surface area (Å²) in [4.78, 5) is 23.5. The van der Waals surface area contributed by atoms with Gasteiger partial charge in [0, 0.05) is 40.2 Å². The van der Waals surface area contributed by atoms with Crippen molar-refractivity contribution in [1.29, 1.82) is 0 Å². The second-order valence-electron chi connectivity index (χ2n) is 6.94. The summed E-state index contributed by atoms with van der Waals surface area (Å²) in [6.45, 7) is 0. The summed E-state index contributed by atoms with van der Waals surface area (Å²) in [6.07, 6.45) is 0.841. The molecule has 0 bridgehead atoms. The number of hydrogen-bond acceptors (Lipinski definition) is 8. The minimum atomic E-state index is -5.09. The molecule has 0 amide bonds. The summed E-state index contributed by atoms with van der Waals surface area (Å²) in [5, 5.41) is 0. The van der Waals surface area contributed by atoms with E-state index < -0.39 is 32.7 Å². The third-order valence-electron chi connectivity index (χ3n) is 5.09. The lowest BCUT2D eigenvalue weighted by Gasteiger charge is -2.39. The number of benzene rings is 2. The van der Waals surface area contributed by atoms with E-state index in [0.29, 0.717) is 0 Å². The van der Waals surface area contributed by atoms with E-state index in [-0.39, 0.29) is 39.4 Å². The van der Waals surface area contributed by atoms with Crippen molar-refractivity contribution >= 4 is 27.4 Å². The molecule has 0 aliphatic heterocycles. The van der Waals surface area contributed by atoms with Gasteiger partial charge in [-0.05, 0) is 12.1 Å². The van der Waals surface area contributed by atoms with Gasteiger partial charge < -0.3 is 21.9 Å². The highest BCUT2D eigenvalue weighted by Crippen LogP contribution is 2.41. The van der Waals surface area contributed by atoms with Gasteiger partial charge in [0.25, 0.3) is 4.93 Å². The van der Waals surface area contributed by atoms with Crippen molar-refractivity contribution in [2.45, 2.75) is 11.0 Å². The number of hydrogen-bond donors (Lipinski definition) is 4. The molecule has 0 saturated carbocycles. The van der Waals surface area contributed by atoms with Crippen LogP contribution in [0.15, 0.2) is 71.5 Å². The Labute approximate surface area is 171 Å². The number of allylic oxidation sites excluding steroid dienone is 1. The van der Waals surface area contributed by atoms with Crippen LogP contribution in [0.3, 0.4) is 0 Å². The van der Waals surface area contributed by atoms with E-state index in [0.717, 1.165) is 6.08 Å². The maximum absolute atomic E-state index is 13.1. The van der Waals surface area contributed by atoms with Crippen LogP contribution in [0.4, 0.5) is 5.69 Å². The van der Waals surface area contributed by atoms with Gasteiger partial charge in [0.15, 0.2) is 11.6 Å². The summed E-state index contributed by atoms with van der Waals surface area (Å²) < 4.78 is 40.6. The van der Waals surface area contributed by atoms with Crippen LogP contribution in [0.2, 0.25) is 0 Å². The highest BCUT2D eigenvalue weighted by atomic mass is 32.2. The molecule has 0 heterocycles. The molecule has 10 heteroatoms. The number of nitrogens with two attached hydrogens (primary N) is 3. The molecule has 2 aliphatic rings. The lowest BCUT2D eigenvalue weighted by molar-refractivity contribution is 0.0946. The Hall–Kier alpha value is -3.47. The number of carbonyl (C=O) groups is 2. The SMILES string of the molecule is NC1=CC(Oc2cccc(N)c2)(S(=O)(=O)O)C(N)C2=C1C(=O)c1ccccc1C2=O. The van der Waals surface area contributed by atoms with Crippen LogP contribution >= 0.6 is 0 Å². The topological polar surface area (TPSA) is 176 Å². The van der Waals surface area contributed by atoms with E-state index in [4.69, 9.17) is 21.9 Å². The number of anilines is 1. The normalized spacial score (nSPS) is 23.5. The summed E-state index contributed by atoms with van der Waals surface area (Å²) in [5.74, 6) is -1.28. The smallest absolute Gasteiger partial charge is 0.312 e. The van der Waals surface area contributed by atoms with E-state index in [1.807, 2.05) is 0 Å². The lowest BCUT2D eigenvalue weighted by atomic mass is 9.76. The number of ketones is 2. The molecule has 2 atom stereocenters. The molecule has 7 N–H and O–H groups in total. The maximum Gasteiger partial charge on any atom is 0.312 e. The van der Waals surface area contributed by atoms with E-state index >= 15 is 0 Å². The number of carbonyl (C=O) groups excluding carboxylic acids is 2. The number of rotatable bonds is 3. The Kier molecular flexibility index (Phi) is 4.31. The fraction of sp³-hybridized carbons (Fsp3) is 0.100. The molecule has 0 aromatic heterocycles. The Morgan fingerprint density at radius 1 is 0.967 bits per heavy atom. The van der Waals surface area contributed by atoms with E-state index in [9.17, 15) is 22.6 Å². The molecule has 154 valence electrons. The highest BCUT2D eigenvalue weighted by Gasteiger charge is 2.57.